The zero-order valence-corrected chi connectivity index (χ0v) is 13.7. The molecule has 0 radical (unpaired) electrons. The highest BCUT2D eigenvalue weighted by molar-refractivity contribution is 5.88. The lowest BCUT2D eigenvalue weighted by molar-refractivity contribution is -0.114. The Hall–Kier alpha value is -2.17. The molecule has 0 fully saturated rings. The number of hydrogen-bond acceptors (Lipinski definition) is 3. The molecule has 0 heterocycles. The fraction of sp³-hybridized carbons (Fsp3) is 0.316. The van der Waals surface area contributed by atoms with Crippen molar-refractivity contribution in [2.75, 3.05) is 11.9 Å². The third-order valence-electron chi connectivity index (χ3n) is 3.75. The second-order valence-electron chi connectivity index (χ2n) is 5.80. The lowest BCUT2D eigenvalue weighted by Crippen LogP contribution is -2.34. The predicted octanol–water partition coefficient (Wildman–Crippen LogP) is 3.03. The van der Waals surface area contributed by atoms with E-state index in [1.807, 2.05) is 49.4 Å². The van der Waals surface area contributed by atoms with Crippen molar-refractivity contribution < 1.29 is 9.90 Å². The van der Waals surface area contributed by atoms with E-state index in [1.165, 1.54) is 12.5 Å². The van der Waals surface area contributed by atoms with Crippen LogP contribution in [-0.2, 0) is 17.9 Å². The molecule has 1 atom stereocenters. The lowest BCUT2D eigenvalue weighted by Gasteiger charge is -2.28. The standard InChI is InChI=1S/C19H24N2O2/c1-15(14-22)21(12-17-7-4-3-5-8-17)13-18-9-6-10-19(11-18)20-16(2)23/h3-11,15,22H,12-14H2,1-2H3,(H,20,23)/t15-/m1/s1. The first-order chi connectivity index (χ1) is 11.1. The number of benzene rings is 2. The molecule has 0 saturated heterocycles. The van der Waals surface area contributed by atoms with Gasteiger partial charge in [-0.15, -0.1) is 0 Å². The van der Waals surface area contributed by atoms with Crippen LogP contribution in [0.25, 0.3) is 0 Å². The van der Waals surface area contributed by atoms with E-state index < -0.39 is 0 Å². The summed E-state index contributed by atoms with van der Waals surface area (Å²) < 4.78 is 0. The Morgan fingerprint density at radius 1 is 1.09 bits per heavy atom. The quantitative estimate of drug-likeness (QED) is 0.826. The van der Waals surface area contributed by atoms with Gasteiger partial charge in [0.05, 0.1) is 6.61 Å². The molecule has 4 nitrogen and oxygen atoms in total. The molecule has 122 valence electrons. The maximum atomic E-state index is 11.2. The van der Waals surface area contributed by atoms with Gasteiger partial charge in [-0.25, -0.2) is 0 Å². The van der Waals surface area contributed by atoms with Crippen LogP contribution in [0.3, 0.4) is 0 Å². The number of amides is 1. The summed E-state index contributed by atoms with van der Waals surface area (Å²) in [6.07, 6.45) is 0. The van der Waals surface area contributed by atoms with Crippen LogP contribution in [0, 0.1) is 0 Å². The first-order valence-corrected chi connectivity index (χ1v) is 7.84. The summed E-state index contributed by atoms with van der Waals surface area (Å²) in [6.45, 7) is 5.11. The first kappa shape index (κ1) is 17.2. The van der Waals surface area contributed by atoms with Crippen molar-refractivity contribution in [2.45, 2.75) is 33.0 Å². The number of carbonyl (C=O) groups is 1. The van der Waals surface area contributed by atoms with Gasteiger partial charge < -0.3 is 10.4 Å². The van der Waals surface area contributed by atoms with Crippen LogP contribution in [0.2, 0.25) is 0 Å². The van der Waals surface area contributed by atoms with E-state index in [-0.39, 0.29) is 18.6 Å². The van der Waals surface area contributed by atoms with Crippen molar-refractivity contribution in [3.63, 3.8) is 0 Å². The molecule has 2 aromatic rings. The SMILES string of the molecule is CC(=O)Nc1cccc(CN(Cc2ccccc2)[C@H](C)CO)c1. The number of nitrogens with zero attached hydrogens (tertiary/aromatic N) is 1. The zero-order chi connectivity index (χ0) is 16.7. The summed E-state index contributed by atoms with van der Waals surface area (Å²) in [5, 5.41) is 12.3. The lowest BCUT2D eigenvalue weighted by atomic mass is 10.1. The number of nitrogens with one attached hydrogen (secondary N) is 1. The topological polar surface area (TPSA) is 52.6 Å². The monoisotopic (exact) mass is 312 g/mol. The third-order valence-corrected chi connectivity index (χ3v) is 3.75. The summed E-state index contributed by atoms with van der Waals surface area (Å²) in [5.41, 5.74) is 3.12. The van der Waals surface area contributed by atoms with Crippen molar-refractivity contribution in [1.29, 1.82) is 0 Å². The summed E-state index contributed by atoms with van der Waals surface area (Å²) in [6, 6.07) is 18.1. The van der Waals surface area contributed by atoms with Crippen molar-refractivity contribution in [3.05, 3.63) is 65.7 Å². The largest absolute Gasteiger partial charge is 0.395 e. The average Bonchev–Trinajstić information content (AvgIpc) is 2.54. The van der Waals surface area contributed by atoms with Gasteiger partial charge in [0.25, 0.3) is 0 Å². The van der Waals surface area contributed by atoms with Crippen LogP contribution in [0.5, 0.6) is 0 Å². The van der Waals surface area contributed by atoms with E-state index >= 15 is 0 Å². The summed E-state index contributed by atoms with van der Waals surface area (Å²) >= 11 is 0. The smallest absolute Gasteiger partial charge is 0.221 e. The molecule has 1 amide bonds. The van der Waals surface area contributed by atoms with Gasteiger partial charge in [0, 0.05) is 31.7 Å². The van der Waals surface area contributed by atoms with E-state index in [2.05, 4.69) is 22.3 Å². The summed E-state index contributed by atoms with van der Waals surface area (Å²) in [7, 11) is 0. The van der Waals surface area contributed by atoms with Crippen LogP contribution >= 0.6 is 0 Å². The highest BCUT2D eigenvalue weighted by atomic mass is 16.3. The van der Waals surface area contributed by atoms with Gasteiger partial charge in [0.2, 0.25) is 5.91 Å². The zero-order valence-electron chi connectivity index (χ0n) is 13.7. The van der Waals surface area contributed by atoms with Gasteiger partial charge in [0.1, 0.15) is 0 Å². The highest BCUT2D eigenvalue weighted by Crippen LogP contribution is 2.16. The van der Waals surface area contributed by atoms with E-state index in [9.17, 15) is 9.90 Å². The maximum absolute atomic E-state index is 11.2. The van der Waals surface area contributed by atoms with Gasteiger partial charge in [0.15, 0.2) is 0 Å². The molecule has 0 saturated carbocycles. The molecular weight excluding hydrogens is 288 g/mol. The Labute approximate surface area is 137 Å². The molecule has 23 heavy (non-hydrogen) atoms. The molecule has 2 rings (SSSR count). The Bertz CT molecular complexity index is 628. The summed E-state index contributed by atoms with van der Waals surface area (Å²) in [4.78, 5) is 13.4. The van der Waals surface area contributed by atoms with E-state index in [4.69, 9.17) is 0 Å². The molecule has 0 aliphatic rings. The normalized spacial score (nSPS) is 12.2. The van der Waals surface area contributed by atoms with E-state index in [0.717, 1.165) is 17.8 Å². The molecule has 0 spiro atoms. The minimum Gasteiger partial charge on any atom is -0.395 e. The molecular formula is C19H24N2O2. The van der Waals surface area contributed by atoms with Crippen molar-refractivity contribution in [3.8, 4) is 0 Å². The number of carbonyl (C=O) groups excluding carboxylic acids is 1. The maximum Gasteiger partial charge on any atom is 0.221 e. The Kier molecular flexibility index (Phi) is 6.32. The predicted molar refractivity (Wildman–Crippen MR) is 93.0 cm³/mol. The average molecular weight is 312 g/mol. The van der Waals surface area contributed by atoms with Crippen molar-refractivity contribution in [1.82, 2.24) is 4.90 Å². The van der Waals surface area contributed by atoms with Gasteiger partial charge in [-0.1, -0.05) is 42.5 Å². The first-order valence-electron chi connectivity index (χ1n) is 7.84. The molecule has 0 unspecified atom stereocenters. The van der Waals surface area contributed by atoms with Gasteiger partial charge in [-0.3, -0.25) is 9.69 Å². The van der Waals surface area contributed by atoms with Crippen molar-refractivity contribution in [2.24, 2.45) is 0 Å². The Morgan fingerprint density at radius 3 is 2.39 bits per heavy atom. The van der Waals surface area contributed by atoms with Crippen LogP contribution < -0.4 is 5.32 Å². The minimum absolute atomic E-state index is 0.0552. The molecule has 0 aliphatic carbocycles. The third kappa shape index (κ3) is 5.51. The second-order valence-corrected chi connectivity index (χ2v) is 5.80. The Morgan fingerprint density at radius 2 is 1.74 bits per heavy atom. The minimum atomic E-state index is -0.0768. The molecule has 0 aliphatic heterocycles. The number of hydrogen-bond donors (Lipinski definition) is 2. The second kappa shape index (κ2) is 8.46. The fourth-order valence-electron chi connectivity index (χ4n) is 2.49. The summed E-state index contributed by atoms with van der Waals surface area (Å²) in [5.74, 6) is -0.0768. The van der Waals surface area contributed by atoms with Crippen LogP contribution in [0.15, 0.2) is 54.6 Å². The van der Waals surface area contributed by atoms with Crippen LogP contribution in [0.4, 0.5) is 5.69 Å². The van der Waals surface area contributed by atoms with E-state index in [1.54, 1.807) is 0 Å². The number of rotatable bonds is 7. The number of anilines is 1. The van der Waals surface area contributed by atoms with Crippen LogP contribution in [0.1, 0.15) is 25.0 Å². The number of aliphatic hydroxyl groups excluding tert-OH is 1. The van der Waals surface area contributed by atoms with Gasteiger partial charge >= 0.3 is 0 Å². The van der Waals surface area contributed by atoms with Crippen molar-refractivity contribution >= 4 is 11.6 Å². The number of aliphatic hydroxyl groups is 1. The molecule has 0 bridgehead atoms. The fourth-order valence-corrected chi connectivity index (χ4v) is 2.49. The highest BCUT2D eigenvalue weighted by Gasteiger charge is 2.14. The Balaban J connectivity index is 2.12. The van der Waals surface area contributed by atoms with Crippen LogP contribution in [-0.4, -0.2) is 28.6 Å². The molecule has 0 aromatic heterocycles. The van der Waals surface area contributed by atoms with Gasteiger partial charge in [-0.05, 0) is 30.2 Å². The van der Waals surface area contributed by atoms with E-state index in [0.29, 0.717) is 6.54 Å². The molecule has 4 heteroatoms. The molecule has 2 N–H and O–H groups in total. The van der Waals surface area contributed by atoms with Gasteiger partial charge in [-0.2, -0.15) is 0 Å². The molecule has 2 aromatic carbocycles.